The summed E-state index contributed by atoms with van der Waals surface area (Å²) >= 11 is 1.17. The Labute approximate surface area is 230 Å². The van der Waals surface area contributed by atoms with Gasteiger partial charge >= 0.3 is 6.03 Å². The number of hydrogen-bond acceptors (Lipinski definition) is 7. The van der Waals surface area contributed by atoms with Crippen molar-refractivity contribution >= 4 is 37.3 Å². The van der Waals surface area contributed by atoms with Crippen LogP contribution in [-0.2, 0) is 21.6 Å². The third-order valence-corrected chi connectivity index (χ3v) is 9.51. The number of carbonyl (C=O) groups is 3. The largest absolute Gasteiger partial charge is 0.508 e. The van der Waals surface area contributed by atoms with E-state index < -0.39 is 25.6 Å². The first kappa shape index (κ1) is 27.0. The fraction of sp³-hybridized carbons (Fsp3) is 0.333. The van der Waals surface area contributed by atoms with Gasteiger partial charge in [-0.05, 0) is 48.0 Å². The van der Waals surface area contributed by atoms with Crippen molar-refractivity contribution in [1.29, 1.82) is 0 Å². The molecule has 1 aromatic heterocycles. The molecule has 39 heavy (non-hydrogen) atoms. The van der Waals surface area contributed by atoms with Crippen molar-refractivity contribution in [2.45, 2.75) is 37.8 Å². The number of ether oxygens (including phenoxy) is 1. The molecule has 3 aromatic rings. The van der Waals surface area contributed by atoms with E-state index in [4.69, 9.17) is 4.74 Å². The number of nitrogens with zero attached hydrogens (tertiary/aromatic N) is 3. The third kappa shape index (κ3) is 5.31. The fourth-order valence-electron chi connectivity index (χ4n) is 4.58. The summed E-state index contributed by atoms with van der Waals surface area (Å²) in [7, 11) is -1.37. The number of carbonyl (C=O) groups excluding carboxylic acids is 3. The number of amides is 4. The first-order valence-corrected chi connectivity index (χ1v) is 17.1. The van der Waals surface area contributed by atoms with Crippen LogP contribution >= 0.6 is 11.3 Å². The van der Waals surface area contributed by atoms with Crippen molar-refractivity contribution in [3.8, 4) is 17.0 Å². The van der Waals surface area contributed by atoms with Crippen LogP contribution in [0.4, 0.5) is 9.18 Å². The van der Waals surface area contributed by atoms with Crippen LogP contribution in [0.1, 0.15) is 20.9 Å². The number of aromatic hydroxyl groups is 1. The van der Waals surface area contributed by atoms with Gasteiger partial charge in [0.15, 0.2) is 5.54 Å². The molecule has 2 aliphatic rings. The van der Waals surface area contributed by atoms with Crippen LogP contribution in [0.3, 0.4) is 0 Å². The topological polar surface area (TPSA) is 112 Å². The molecule has 0 bridgehead atoms. The monoisotopic (exact) mass is 568 g/mol. The smallest absolute Gasteiger partial charge is 0.327 e. The summed E-state index contributed by atoms with van der Waals surface area (Å²) in [4.78, 5) is 47.5. The number of rotatable bonds is 9. The Balaban J connectivity index is 1.46. The highest BCUT2D eigenvalue weighted by atomic mass is 32.1. The standard InChI is InChI=1S/C27H29FN4O5SSi/c1-39(2,3)11-10-37-16-32-25(35)27(30-26(32)36,15-31-13-18-6-9-20(33)12-21(18)23(31)34)24-29-22(14-38-24)17-4-7-19(28)8-5-17/h4-9,12,14,33H,10-11,13,15-16H2,1-3H3,(H,30,36)/t27-/m0/s1. The maximum Gasteiger partial charge on any atom is 0.327 e. The number of thiazole rings is 1. The Bertz CT molecular complexity index is 1440. The normalized spacial score (nSPS) is 19.1. The average molecular weight is 569 g/mol. The van der Waals surface area contributed by atoms with Crippen LogP contribution < -0.4 is 5.32 Å². The summed E-state index contributed by atoms with van der Waals surface area (Å²) in [5, 5.41) is 14.7. The molecule has 2 aromatic carbocycles. The summed E-state index contributed by atoms with van der Waals surface area (Å²) < 4.78 is 19.2. The van der Waals surface area contributed by atoms with Gasteiger partial charge in [-0.15, -0.1) is 11.3 Å². The first-order valence-electron chi connectivity index (χ1n) is 12.5. The highest BCUT2D eigenvalue weighted by Gasteiger charge is 2.56. The van der Waals surface area contributed by atoms with Crippen molar-refractivity contribution in [2.75, 3.05) is 19.9 Å². The molecule has 0 radical (unpaired) electrons. The minimum absolute atomic E-state index is 0.0330. The Hall–Kier alpha value is -3.61. The minimum Gasteiger partial charge on any atom is -0.508 e. The van der Waals surface area contributed by atoms with Crippen molar-refractivity contribution in [3.63, 3.8) is 0 Å². The van der Waals surface area contributed by atoms with Gasteiger partial charge in [0.1, 0.15) is 23.3 Å². The van der Waals surface area contributed by atoms with Gasteiger partial charge in [0.25, 0.3) is 11.8 Å². The SMILES string of the molecule is C[Si](C)(C)CCOCN1C(=O)N[C@@](CN2Cc3ccc(O)cc3C2=O)(c2nc(-c3ccc(F)cc3)cs2)C1=O. The number of phenols is 1. The number of phenolic OH excluding ortho intramolecular Hbond substituents is 1. The molecular formula is C27H29FN4O5SSi. The first-order chi connectivity index (χ1) is 18.5. The van der Waals surface area contributed by atoms with E-state index in [2.05, 4.69) is 29.9 Å². The summed E-state index contributed by atoms with van der Waals surface area (Å²) in [5.41, 5.74) is 0.587. The van der Waals surface area contributed by atoms with E-state index in [1.165, 1.54) is 40.5 Å². The number of nitrogens with one attached hydrogen (secondary N) is 1. The highest BCUT2D eigenvalue weighted by molar-refractivity contribution is 7.10. The van der Waals surface area contributed by atoms with Gasteiger partial charge in [0.05, 0.1) is 12.2 Å². The summed E-state index contributed by atoms with van der Waals surface area (Å²) in [5.74, 6) is -1.34. The average Bonchev–Trinajstić information content (AvgIpc) is 3.54. The number of benzene rings is 2. The van der Waals surface area contributed by atoms with E-state index in [0.717, 1.165) is 10.9 Å². The van der Waals surface area contributed by atoms with Gasteiger partial charge in [-0.1, -0.05) is 25.7 Å². The van der Waals surface area contributed by atoms with Crippen molar-refractivity contribution in [1.82, 2.24) is 20.1 Å². The van der Waals surface area contributed by atoms with Gasteiger partial charge in [-0.25, -0.2) is 19.1 Å². The van der Waals surface area contributed by atoms with Crippen molar-refractivity contribution in [2.24, 2.45) is 0 Å². The molecule has 5 rings (SSSR count). The molecule has 1 atom stereocenters. The number of fused-ring (bicyclic) bond motifs is 1. The Morgan fingerprint density at radius 1 is 1.15 bits per heavy atom. The van der Waals surface area contributed by atoms with Gasteiger partial charge in [0.2, 0.25) is 0 Å². The van der Waals surface area contributed by atoms with Crippen LogP contribution in [-0.4, -0.2) is 65.7 Å². The van der Waals surface area contributed by atoms with Crippen LogP contribution in [0.5, 0.6) is 5.75 Å². The second kappa shape index (κ2) is 10.2. The lowest BCUT2D eigenvalue weighted by Gasteiger charge is -2.29. The molecule has 0 unspecified atom stereocenters. The van der Waals surface area contributed by atoms with Crippen LogP contribution in [0.25, 0.3) is 11.3 Å². The number of hydrogen-bond donors (Lipinski definition) is 2. The van der Waals surface area contributed by atoms with E-state index >= 15 is 0 Å². The van der Waals surface area contributed by atoms with E-state index in [1.807, 2.05) is 0 Å². The number of halogens is 1. The molecule has 3 heterocycles. The molecule has 12 heteroatoms. The van der Waals surface area contributed by atoms with E-state index in [0.29, 0.717) is 34.0 Å². The minimum atomic E-state index is -1.64. The van der Waals surface area contributed by atoms with Gasteiger partial charge < -0.3 is 20.1 Å². The van der Waals surface area contributed by atoms with Gasteiger partial charge in [-0.3, -0.25) is 9.59 Å². The van der Waals surface area contributed by atoms with Gasteiger partial charge in [-0.2, -0.15) is 0 Å². The molecule has 1 saturated heterocycles. The fourth-order valence-corrected chi connectivity index (χ4v) is 6.31. The zero-order chi connectivity index (χ0) is 27.9. The Morgan fingerprint density at radius 3 is 2.62 bits per heavy atom. The Morgan fingerprint density at radius 2 is 1.90 bits per heavy atom. The number of urea groups is 1. The second-order valence-electron chi connectivity index (χ2n) is 11.0. The zero-order valence-electron chi connectivity index (χ0n) is 21.9. The summed E-state index contributed by atoms with van der Waals surface area (Å²) in [6, 6.07) is 10.6. The molecule has 1 fully saturated rings. The zero-order valence-corrected chi connectivity index (χ0v) is 23.7. The van der Waals surface area contributed by atoms with E-state index in [9.17, 15) is 23.9 Å². The lowest BCUT2D eigenvalue weighted by Crippen LogP contribution is -2.53. The molecule has 2 N–H and O–H groups in total. The lowest BCUT2D eigenvalue weighted by atomic mass is 9.99. The third-order valence-electron chi connectivity index (χ3n) is 6.80. The Kier molecular flexibility index (Phi) is 7.03. The predicted molar refractivity (Wildman–Crippen MR) is 146 cm³/mol. The maximum absolute atomic E-state index is 14.0. The van der Waals surface area contributed by atoms with Gasteiger partial charge in [0, 0.05) is 37.7 Å². The summed E-state index contributed by atoms with van der Waals surface area (Å²) in [6.07, 6.45) is 0. The van der Waals surface area contributed by atoms with Crippen molar-refractivity contribution in [3.05, 3.63) is 69.8 Å². The molecule has 204 valence electrons. The molecular weight excluding hydrogens is 539 g/mol. The predicted octanol–water partition coefficient (Wildman–Crippen LogP) is 4.37. The molecule has 9 nitrogen and oxygen atoms in total. The van der Waals surface area contributed by atoms with Crippen LogP contribution in [0.2, 0.25) is 25.7 Å². The quantitative estimate of drug-likeness (QED) is 0.225. The van der Waals surface area contributed by atoms with Crippen LogP contribution in [0.15, 0.2) is 47.8 Å². The van der Waals surface area contributed by atoms with E-state index in [1.54, 1.807) is 23.6 Å². The number of imide groups is 1. The highest BCUT2D eigenvalue weighted by Crippen LogP contribution is 2.37. The van der Waals surface area contributed by atoms with Crippen molar-refractivity contribution < 1.29 is 28.6 Å². The summed E-state index contributed by atoms with van der Waals surface area (Å²) in [6.45, 7) is 6.89. The van der Waals surface area contributed by atoms with E-state index in [-0.39, 0.29) is 37.3 Å². The molecule has 2 aliphatic heterocycles. The molecule has 0 aliphatic carbocycles. The number of aromatic nitrogens is 1. The maximum atomic E-state index is 14.0. The molecule has 0 spiro atoms. The molecule has 4 amide bonds. The van der Waals surface area contributed by atoms with Crippen LogP contribution in [0, 0.1) is 5.82 Å². The molecule has 0 saturated carbocycles. The second-order valence-corrected chi connectivity index (χ2v) is 17.4. The lowest BCUT2D eigenvalue weighted by molar-refractivity contribution is -0.135.